The average molecular weight is 559 g/mol. The molecule has 2 saturated heterocycles. The van der Waals surface area contributed by atoms with Crippen molar-refractivity contribution in [3.05, 3.63) is 29.8 Å². The Labute approximate surface area is 235 Å². The summed E-state index contributed by atoms with van der Waals surface area (Å²) in [6.07, 6.45) is 3.95. The number of hydrogen-bond acceptors (Lipinski definition) is 8. The lowest BCUT2D eigenvalue weighted by atomic mass is 9.79. The van der Waals surface area contributed by atoms with E-state index in [0.29, 0.717) is 51.0 Å². The van der Waals surface area contributed by atoms with Gasteiger partial charge >= 0.3 is 0 Å². The smallest absolute Gasteiger partial charge is 0.243 e. The van der Waals surface area contributed by atoms with Gasteiger partial charge in [0.2, 0.25) is 17.7 Å². The fraction of sp³-hybridized carbons (Fsp3) is 0.655. The van der Waals surface area contributed by atoms with Crippen LogP contribution >= 0.6 is 0 Å². The lowest BCUT2D eigenvalue weighted by Gasteiger charge is -2.31. The summed E-state index contributed by atoms with van der Waals surface area (Å²) in [5, 5.41) is 8.47. The second-order valence-corrected chi connectivity index (χ2v) is 11.3. The molecular weight excluding hydrogens is 516 g/mol. The highest BCUT2D eigenvalue weighted by atomic mass is 16.6. The Morgan fingerprint density at radius 2 is 1.68 bits per heavy atom. The maximum absolute atomic E-state index is 13.6. The molecule has 4 atom stereocenters. The number of benzene rings is 1. The second kappa shape index (κ2) is 13.6. The predicted octanol–water partition coefficient (Wildman–Crippen LogP) is 0.592. The number of carbonyl (C=O) groups is 4. The first-order valence-electron chi connectivity index (χ1n) is 14.2. The van der Waals surface area contributed by atoms with Gasteiger partial charge in [-0.05, 0) is 43.9 Å². The van der Waals surface area contributed by atoms with Crippen LogP contribution < -0.4 is 20.7 Å². The van der Waals surface area contributed by atoms with E-state index in [1.54, 1.807) is 33.1 Å². The fourth-order valence-electron chi connectivity index (χ4n) is 5.00. The number of ketones is 1. The van der Waals surface area contributed by atoms with Crippen molar-refractivity contribution in [3.63, 3.8) is 0 Å². The van der Waals surface area contributed by atoms with Crippen molar-refractivity contribution < 1.29 is 33.4 Å². The molecule has 11 nitrogen and oxygen atoms in total. The van der Waals surface area contributed by atoms with E-state index < -0.39 is 35.5 Å². The van der Waals surface area contributed by atoms with Crippen LogP contribution in [0.25, 0.3) is 0 Å². The molecule has 1 aromatic carbocycles. The largest absolute Gasteiger partial charge is 0.497 e. The number of ether oxygens (including phenoxy) is 3. The van der Waals surface area contributed by atoms with Crippen LogP contribution in [0.1, 0.15) is 45.1 Å². The van der Waals surface area contributed by atoms with Crippen molar-refractivity contribution in [2.45, 2.75) is 69.7 Å². The summed E-state index contributed by atoms with van der Waals surface area (Å²) in [5.74, 6) is -0.279. The molecule has 0 spiro atoms. The third kappa shape index (κ3) is 8.25. The minimum atomic E-state index is -0.955. The van der Waals surface area contributed by atoms with Crippen LogP contribution in [0.5, 0.6) is 5.75 Å². The quantitative estimate of drug-likeness (QED) is 0.282. The summed E-state index contributed by atoms with van der Waals surface area (Å²) in [5.41, 5.74) is -0.0556. The van der Waals surface area contributed by atoms with Crippen LogP contribution in [-0.4, -0.2) is 98.7 Å². The van der Waals surface area contributed by atoms with E-state index in [4.69, 9.17) is 14.2 Å². The van der Waals surface area contributed by atoms with Crippen LogP contribution in [0.15, 0.2) is 24.3 Å². The van der Waals surface area contributed by atoms with Gasteiger partial charge in [0, 0.05) is 19.5 Å². The maximum atomic E-state index is 13.6. The van der Waals surface area contributed by atoms with Gasteiger partial charge in [0.25, 0.3) is 0 Å². The first kappa shape index (κ1) is 30.0. The van der Waals surface area contributed by atoms with Crippen LogP contribution in [-0.2, 0) is 35.1 Å². The van der Waals surface area contributed by atoms with Gasteiger partial charge in [-0.2, -0.15) is 0 Å². The first-order chi connectivity index (χ1) is 19.2. The lowest BCUT2D eigenvalue weighted by molar-refractivity contribution is -0.134. The van der Waals surface area contributed by atoms with E-state index >= 15 is 0 Å². The molecule has 0 radical (unpaired) electrons. The molecule has 1 aromatic rings. The predicted molar refractivity (Wildman–Crippen MR) is 147 cm³/mol. The molecule has 11 heteroatoms. The summed E-state index contributed by atoms with van der Waals surface area (Å²) >= 11 is 0. The number of nitrogens with zero attached hydrogens (tertiary/aromatic N) is 1. The number of carbonyl (C=O) groups excluding carboxylic acids is 4. The Morgan fingerprint density at radius 3 is 2.25 bits per heavy atom. The normalized spacial score (nSPS) is 23.2. The zero-order chi connectivity index (χ0) is 28.7. The lowest BCUT2D eigenvalue weighted by Crippen LogP contribution is -2.57. The molecular formula is C29H42N4O7. The number of amides is 3. The van der Waals surface area contributed by atoms with Crippen molar-refractivity contribution in [2.24, 2.45) is 5.92 Å². The zero-order valence-electron chi connectivity index (χ0n) is 23.7. The molecule has 1 aliphatic carbocycles. The van der Waals surface area contributed by atoms with E-state index in [-0.39, 0.29) is 24.7 Å². The highest BCUT2D eigenvalue weighted by molar-refractivity contribution is 5.98. The number of methoxy groups -OCH3 is 1. The molecule has 1 saturated carbocycles. The fourth-order valence-corrected chi connectivity index (χ4v) is 5.00. The Kier molecular flexibility index (Phi) is 10.2. The van der Waals surface area contributed by atoms with Crippen LogP contribution in [0.4, 0.5) is 0 Å². The van der Waals surface area contributed by atoms with Crippen molar-refractivity contribution in [3.8, 4) is 5.75 Å². The Bertz CT molecular complexity index is 1050. The van der Waals surface area contributed by atoms with Gasteiger partial charge in [0.05, 0.1) is 39.5 Å². The van der Waals surface area contributed by atoms with Gasteiger partial charge in [-0.1, -0.05) is 31.4 Å². The van der Waals surface area contributed by atoms with Gasteiger partial charge in [-0.25, -0.2) is 0 Å². The minimum Gasteiger partial charge on any atom is -0.497 e. The van der Waals surface area contributed by atoms with E-state index in [0.717, 1.165) is 24.8 Å². The molecule has 2 aliphatic heterocycles. The van der Waals surface area contributed by atoms with Crippen LogP contribution in [0, 0.1) is 5.92 Å². The monoisotopic (exact) mass is 558 g/mol. The second-order valence-electron chi connectivity index (χ2n) is 11.3. The molecule has 0 unspecified atom stereocenters. The van der Waals surface area contributed by atoms with Gasteiger partial charge in [-0.15, -0.1) is 0 Å². The van der Waals surface area contributed by atoms with Crippen LogP contribution in [0.2, 0.25) is 0 Å². The topological polar surface area (TPSA) is 139 Å². The molecule has 220 valence electrons. The van der Waals surface area contributed by atoms with Gasteiger partial charge < -0.3 is 30.2 Å². The molecule has 2 heterocycles. The summed E-state index contributed by atoms with van der Waals surface area (Å²) in [7, 11) is 1.57. The van der Waals surface area contributed by atoms with Crippen molar-refractivity contribution in [2.75, 3.05) is 46.6 Å². The molecule has 0 bridgehead atoms. The molecule has 3 fully saturated rings. The average Bonchev–Trinajstić information content (AvgIpc) is 3.68. The number of rotatable bonds is 14. The maximum Gasteiger partial charge on any atom is 0.243 e. The van der Waals surface area contributed by atoms with E-state index in [2.05, 4.69) is 16.0 Å². The molecule has 3 aliphatic rings. The van der Waals surface area contributed by atoms with Gasteiger partial charge in [0.1, 0.15) is 23.4 Å². The Balaban J connectivity index is 1.42. The Hall–Kier alpha value is -3.02. The number of hydrogen-bond donors (Lipinski definition) is 3. The van der Waals surface area contributed by atoms with Gasteiger partial charge in [0.15, 0.2) is 5.78 Å². The highest BCUT2D eigenvalue weighted by Crippen LogP contribution is 2.34. The summed E-state index contributed by atoms with van der Waals surface area (Å²) in [4.78, 5) is 54.5. The van der Waals surface area contributed by atoms with Crippen molar-refractivity contribution >= 4 is 23.5 Å². The third-order valence-corrected chi connectivity index (χ3v) is 8.00. The minimum absolute atomic E-state index is 0.133. The third-order valence-electron chi connectivity index (χ3n) is 8.00. The number of epoxide rings is 1. The molecule has 3 N–H and O–H groups in total. The standard InChI is InChI=1S/C29H42N4O7/c1-19(30-25(34)17-33-11-13-39-14-12-33)27(36)32-24(16-21-7-9-22(38-3)10-8-21)28(37)31-23(15-20-5-4-6-20)26(35)29(2)18-40-29/h7-10,19-20,23-24H,4-6,11-18H2,1-3H3,(H,30,34)(H,31,37)(H,32,36)/t19-,23-,24-,29+/m0/s1. The number of nitrogens with one attached hydrogen (secondary N) is 3. The number of Topliss-reactive ketones (excluding diaryl/α,β-unsaturated/α-hetero) is 1. The molecule has 4 rings (SSSR count). The molecule has 3 amide bonds. The molecule has 0 aromatic heterocycles. The summed E-state index contributed by atoms with van der Waals surface area (Å²) in [6.45, 7) is 6.29. The van der Waals surface area contributed by atoms with Gasteiger partial charge in [-0.3, -0.25) is 24.1 Å². The van der Waals surface area contributed by atoms with Crippen molar-refractivity contribution in [1.29, 1.82) is 0 Å². The highest BCUT2D eigenvalue weighted by Gasteiger charge is 2.50. The zero-order valence-corrected chi connectivity index (χ0v) is 23.7. The first-order valence-corrected chi connectivity index (χ1v) is 14.2. The number of morpholine rings is 1. The van der Waals surface area contributed by atoms with E-state index in [9.17, 15) is 19.2 Å². The summed E-state index contributed by atoms with van der Waals surface area (Å²) in [6, 6.07) is 4.73. The SMILES string of the molecule is COc1ccc(C[C@H](NC(=O)[C@H](C)NC(=O)CN2CCOCC2)C(=O)N[C@@H](CC2CCC2)C(=O)[C@@]2(C)CO2)cc1. The van der Waals surface area contributed by atoms with Crippen molar-refractivity contribution in [1.82, 2.24) is 20.9 Å². The van der Waals surface area contributed by atoms with E-state index in [1.807, 2.05) is 17.0 Å². The Morgan fingerprint density at radius 1 is 1.02 bits per heavy atom. The summed E-state index contributed by atoms with van der Waals surface area (Å²) < 4.78 is 15.9. The van der Waals surface area contributed by atoms with Crippen LogP contribution in [0.3, 0.4) is 0 Å². The van der Waals surface area contributed by atoms with E-state index in [1.165, 1.54) is 0 Å². The molecule has 40 heavy (non-hydrogen) atoms.